The van der Waals surface area contributed by atoms with E-state index in [0.717, 1.165) is 38.7 Å². The van der Waals surface area contributed by atoms with Gasteiger partial charge in [-0.1, -0.05) is 23.7 Å². The van der Waals surface area contributed by atoms with E-state index >= 15 is 0 Å². The van der Waals surface area contributed by atoms with E-state index in [0.29, 0.717) is 17.3 Å². The van der Waals surface area contributed by atoms with E-state index in [1.165, 1.54) is 0 Å². The molecular weight excluding hydrogens is 406 g/mol. The number of aryl methyl sites for hydroxylation is 2. The predicted octanol–water partition coefficient (Wildman–Crippen LogP) is 6.77. The van der Waals surface area contributed by atoms with E-state index in [2.05, 4.69) is 58.7 Å². The van der Waals surface area contributed by atoms with Crippen LogP contribution in [0.15, 0.2) is 72.9 Å². The Hall–Kier alpha value is -3.88. The standard InChI is InChI=1S/C25H20ClN5/c1-16-12-20(19-4-3-5-21(26)14-19)13-17(2)24(16)30-23-10-11-28-25(31-23)29-22-8-6-18(15-27)7-9-22/h3-14H,1-2H3,(H2,28,29,30,31). The van der Waals surface area contributed by atoms with Crippen LogP contribution in [0.4, 0.5) is 23.1 Å². The quantitative estimate of drug-likeness (QED) is 0.369. The summed E-state index contributed by atoms with van der Waals surface area (Å²) in [4.78, 5) is 8.85. The summed E-state index contributed by atoms with van der Waals surface area (Å²) in [5.74, 6) is 1.16. The third kappa shape index (κ3) is 4.82. The highest BCUT2D eigenvalue weighted by atomic mass is 35.5. The SMILES string of the molecule is Cc1cc(-c2cccc(Cl)c2)cc(C)c1Nc1ccnc(Nc2ccc(C#N)cc2)n1. The molecule has 152 valence electrons. The summed E-state index contributed by atoms with van der Waals surface area (Å²) in [7, 11) is 0. The van der Waals surface area contributed by atoms with Gasteiger partial charge in [0.15, 0.2) is 0 Å². The zero-order chi connectivity index (χ0) is 21.8. The van der Waals surface area contributed by atoms with Gasteiger partial charge < -0.3 is 10.6 Å². The number of rotatable bonds is 5. The second-order valence-corrected chi connectivity index (χ2v) is 7.64. The molecule has 0 aliphatic heterocycles. The fourth-order valence-corrected chi connectivity index (χ4v) is 3.56. The van der Waals surface area contributed by atoms with Crippen molar-refractivity contribution in [3.05, 3.63) is 94.6 Å². The lowest BCUT2D eigenvalue weighted by atomic mass is 9.99. The Labute approximate surface area is 186 Å². The molecule has 0 unspecified atom stereocenters. The minimum Gasteiger partial charge on any atom is -0.340 e. The number of halogens is 1. The van der Waals surface area contributed by atoms with Crippen LogP contribution in [0, 0.1) is 25.2 Å². The molecule has 0 saturated heterocycles. The molecule has 0 aliphatic rings. The molecule has 6 heteroatoms. The molecule has 4 aromatic rings. The number of hydrogen-bond acceptors (Lipinski definition) is 5. The van der Waals surface area contributed by atoms with E-state index in [1.54, 1.807) is 18.3 Å². The smallest absolute Gasteiger partial charge is 0.229 e. The van der Waals surface area contributed by atoms with E-state index in [9.17, 15) is 0 Å². The van der Waals surface area contributed by atoms with Gasteiger partial charge >= 0.3 is 0 Å². The number of nitriles is 1. The Morgan fingerprint density at radius 1 is 0.871 bits per heavy atom. The minimum atomic E-state index is 0.473. The number of nitrogens with one attached hydrogen (secondary N) is 2. The van der Waals surface area contributed by atoms with Gasteiger partial charge in [-0.15, -0.1) is 0 Å². The summed E-state index contributed by atoms with van der Waals surface area (Å²) in [6, 6.07) is 23.2. The molecule has 0 fully saturated rings. The zero-order valence-electron chi connectivity index (χ0n) is 17.1. The van der Waals surface area contributed by atoms with Gasteiger partial charge in [-0.05, 0) is 90.7 Å². The molecular formula is C25H20ClN5. The van der Waals surface area contributed by atoms with Crippen LogP contribution in [0.1, 0.15) is 16.7 Å². The molecule has 0 amide bonds. The van der Waals surface area contributed by atoms with Gasteiger partial charge in [-0.2, -0.15) is 10.2 Å². The van der Waals surface area contributed by atoms with Crippen LogP contribution in [-0.4, -0.2) is 9.97 Å². The Balaban J connectivity index is 1.56. The topological polar surface area (TPSA) is 73.6 Å². The lowest BCUT2D eigenvalue weighted by Crippen LogP contribution is -2.02. The van der Waals surface area contributed by atoms with Crippen molar-refractivity contribution >= 4 is 34.7 Å². The van der Waals surface area contributed by atoms with Gasteiger partial charge in [0.2, 0.25) is 5.95 Å². The fraction of sp³-hybridized carbons (Fsp3) is 0.0800. The van der Waals surface area contributed by atoms with Crippen LogP contribution in [0.5, 0.6) is 0 Å². The molecule has 31 heavy (non-hydrogen) atoms. The van der Waals surface area contributed by atoms with Crippen molar-refractivity contribution in [3.8, 4) is 17.2 Å². The normalized spacial score (nSPS) is 10.4. The lowest BCUT2D eigenvalue weighted by Gasteiger charge is -2.15. The molecule has 0 radical (unpaired) electrons. The summed E-state index contributed by atoms with van der Waals surface area (Å²) < 4.78 is 0. The van der Waals surface area contributed by atoms with Crippen LogP contribution in [0.25, 0.3) is 11.1 Å². The van der Waals surface area contributed by atoms with Crippen LogP contribution in [0.3, 0.4) is 0 Å². The molecule has 5 nitrogen and oxygen atoms in total. The molecule has 4 rings (SSSR count). The Morgan fingerprint density at radius 3 is 2.29 bits per heavy atom. The Morgan fingerprint density at radius 2 is 1.61 bits per heavy atom. The van der Waals surface area contributed by atoms with Crippen molar-refractivity contribution in [1.29, 1.82) is 5.26 Å². The molecule has 0 atom stereocenters. The van der Waals surface area contributed by atoms with Gasteiger partial charge in [0.1, 0.15) is 5.82 Å². The second-order valence-electron chi connectivity index (χ2n) is 7.20. The van der Waals surface area contributed by atoms with Crippen LogP contribution in [0.2, 0.25) is 5.02 Å². The second kappa shape index (κ2) is 8.86. The van der Waals surface area contributed by atoms with E-state index in [-0.39, 0.29) is 0 Å². The average molecular weight is 426 g/mol. The highest BCUT2D eigenvalue weighted by Crippen LogP contribution is 2.31. The van der Waals surface area contributed by atoms with Crippen LogP contribution < -0.4 is 10.6 Å². The Bertz CT molecular complexity index is 1250. The van der Waals surface area contributed by atoms with Crippen LogP contribution >= 0.6 is 11.6 Å². The predicted molar refractivity (Wildman–Crippen MR) is 126 cm³/mol. The number of nitrogens with zero attached hydrogens (tertiary/aromatic N) is 3. The van der Waals surface area contributed by atoms with Crippen molar-refractivity contribution in [2.75, 3.05) is 10.6 Å². The summed E-state index contributed by atoms with van der Waals surface area (Å²) in [5, 5.41) is 16.2. The maximum Gasteiger partial charge on any atom is 0.229 e. The molecule has 3 aromatic carbocycles. The zero-order valence-corrected chi connectivity index (χ0v) is 17.9. The Kier molecular flexibility index (Phi) is 5.83. The average Bonchev–Trinajstić information content (AvgIpc) is 2.77. The molecule has 2 N–H and O–H groups in total. The van der Waals surface area contributed by atoms with E-state index < -0.39 is 0 Å². The lowest BCUT2D eigenvalue weighted by molar-refractivity contribution is 1.16. The van der Waals surface area contributed by atoms with Gasteiger partial charge in [0.25, 0.3) is 0 Å². The summed E-state index contributed by atoms with van der Waals surface area (Å²) in [5.41, 5.74) is 6.85. The van der Waals surface area contributed by atoms with Crippen molar-refractivity contribution in [1.82, 2.24) is 9.97 Å². The van der Waals surface area contributed by atoms with Gasteiger partial charge in [-0.3, -0.25) is 0 Å². The molecule has 0 spiro atoms. The van der Waals surface area contributed by atoms with Gasteiger partial charge in [0, 0.05) is 22.6 Å². The fourth-order valence-electron chi connectivity index (χ4n) is 3.37. The molecule has 0 bridgehead atoms. The van der Waals surface area contributed by atoms with Gasteiger partial charge in [0.05, 0.1) is 11.6 Å². The third-order valence-corrected chi connectivity index (χ3v) is 5.10. The highest BCUT2D eigenvalue weighted by Gasteiger charge is 2.09. The third-order valence-electron chi connectivity index (χ3n) is 4.87. The number of anilines is 4. The number of aromatic nitrogens is 2. The first-order chi connectivity index (χ1) is 15.0. The summed E-state index contributed by atoms with van der Waals surface area (Å²) in [6.45, 7) is 4.14. The van der Waals surface area contributed by atoms with E-state index in [4.69, 9.17) is 16.9 Å². The number of hydrogen-bond donors (Lipinski definition) is 2. The minimum absolute atomic E-state index is 0.473. The van der Waals surface area contributed by atoms with Crippen LogP contribution in [-0.2, 0) is 0 Å². The highest BCUT2D eigenvalue weighted by molar-refractivity contribution is 6.30. The van der Waals surface area contributed by atoms with Gasteiger partial charge in [-0.25, -0.2) is 4.98 Å². The van der Waals surface area contributed by atoms with Crippen molar-refractivity contribution < 1.29 is 0 Å². The molecule has 0 aliphatic carbocycles. The number of benzene rings is 3. The summed E-state index contributed by atoms with van der Waals surface area (Å²) in [6.07, 6.45) is 1.70. The van der Waals surface area contributed by atoms with Crippen molar-refractivity contribution in [3.63, 3.8) is 0 Å². The molecule has 0 saturated carbocycles. The summed E-state index contributed by atoms with van der Waals surface area (Å²) >= 11 is 6.15. The molecule has 1 heterocycles. The largest absolute Gasteiger partial charge is 0.340 e. The molecule has 1 aromatic heterocycles. The monoisotopic (exact) mass is 425 g/mol. The maximum absolute atomic E-state index is 8.92. The van der Waals surface area contributed by atoms with Crippen molar-refractivity contribution in [2.45, 2.75) is 13.8 Å². The van der Waals surface area contributed by atoms with Crippen molar-refractivity contribution in [2.24, 2.45) is 0 Å². The first kappa shape index (κ1) is 20.4. The first-order valence-corrected chi connectivity index (χ1v) is 10.1. The maximum atomic E-state index is 8.92. The first-order valence-electron chi connectivity index (χ1n) is 9.76. The van der Waals surface area contributed by atoms with E-state index in [1.807, 2.05) is 36.4 Å².